The van der Waals surface area contributed by atoms with Gasteiger partial charge in [-0.2, -0.15) is 0 Å². The van der Waals surface area contributed by atoms with Gasteiger partial charge in [0, 0.05) is 17.6 Å². The first-order valence-electron chi connectivity index (χ1n) is 11.3. The van der Waals surface area contributed by atoms with Crippen molar-refractivity contribution in [1.29, 1.82) is 0 Å². The number of aryl methyl sites for hydroxylation is 2. The maximum atomic E-state index is 5.12. The molecule has 0 saturated heterocycles. The second-order valence-corrected chi connectivity index (χ2v) is 8.96. The van der Waals surface area contributed by atoms with E-state index in [4.69, 9.17) is 9.97 Å². The van der Waals surface area contributed by atoms with Crippen LogP contribution in [0.2, 0.25) is 0 Å². The van der Waals surface area contributed by atoms with Gasteiger partial charge < -0.3 is 10.2 Å². The van der Waals surface area contributed by atoms with Crippen molar-refractivity contribution in [1.82, 2.24) is 19.9 Å². The zero-order chi connectivity index (χ0) is 20.2. The summed E-state index contributed by atoms with van der Waals surface area (Å²) in [6, 6.07) is 0. The first kappa shape index (κ1) is 20.5. The van der Waals surface area contributed by atoms with Crippen molar-refractivity contribution >= 4 is 37.6 Å². The number of fused-ring (bicyclic) bond motifs is 5. The van der Waals surface area contributed by atoms with Crippen LogP contribution in [0.25, 0.3) is 20.4 Å². The fourth-order valence-electron chi connectivity index (χ4n) is 4.50. The summed E-state index contributed by atoms with van der Waals surface area (Å²) in [5.41, 5.74) is 5.45. The minimum Gasteiger partial charge on any atom is -0.369 e. The van der Waals surface area contributed by atoms with Crippen LogP contribution in [-0.2, 0) is 19.3 Å². The summed E-state index contributed by atoms with van der Waals surface area (Å²) in [6.07, 6.45) is 9.95. The van der Waals surface area contributed by atoms with E-state index >= 15 is 0 Å². The molecule has 0 saturated carbocycles. The average molecular weight is 412 g/mol. The summed E-state index contributed by atoms with van der Waals surface area (Å²) in [5, 5.41) is 4.87. The fourth-order valence-corrected chi connectivity index (χ4v) is 5.65. The molecule has 156 valence electrons. The monoisotopic (exact) mass is 411 g/mol. The molecule has 0 atom stereocenters. The van der Waals surface area contributed by atoms with Gasteiger partial charge in [0.2, 0.25) is 0 Å². The lowest BCUT2D eigenvalue weighted by molar-refractivity contribution is 0.303. The molecule has 29 heavy (non-hydrogen) atoms. The van der Waals surface area contributed by atoms with Gasteiger partial charge in [-0.15, -0.1) is 11.3 Å². The Morgan fingerprint density at radius 1 is 1.07 bits per heavy atom. The summed E-state index contributed by atoms with van der Waals surface area (Å²) >= 11 is 1.77. The number of thiophene rings is 1. The zero-order valence-electron chi connectivity index (χ0n) is 18.1. The van der Waals surface area contributed by atoms with E-state index in [0.717, 1.165) is 61.6 Å². The van der Waals surface area contributed by atoms with Crippen LogP contribution in [0.1, 0.15) is 63.3 Å². The zero-order valence-corrected chi connectivity index (χ0v) is 18.9. The van der Waals surface area contributed by atoms with Gasteiger partial charge in [-0.3, -0.25) is 0 Å². The number of hydrogen-bond donors (Lipinski definition) is 1. The molecule has 6 heteroatoms. The maximum Gasteiger partial charge on any atom is 0.147 e. The standard InChI is InChI=1S/C23H33N5S/c1-4-7-12-18-16-10-8-11-17(16)19-20-21(29-23(19)27-18)22(26-15-25-20)24-13-9-14-28(5-2)6-3/h15H,4-14H2,1-3H3,(H,24,25,26). The van der Waals surface area contributed by atoms with E-state index in [2.05, 4.69) is 36.0 Å². The average Bonchev–Trinajstić information content (AvgIpc) is 3.36. The molecule has 0 unspecified atom stereocenters. The van der Waals surface area contributed by atoms with Gasteiger partial charge in [0.05, 0.1) is 10.2 Å². The molecule has 0 aromatic carbocycles. The van der Waals surface area contributed by atoms with E-state index in [9.17, 15) is 0 Å². The Balaban J connectivity index is 1.64. The van der Waals surface area contributed by atoms with E-state index in [1.165, 1.54) is 52.6 Å². The molecule has 4 rings (SSSR count). The molecule has 0 aliphatic heterocycles. The molecule has 3 aromatic rings. The Morgan fingerprint density at radius 2 is 1.90 bits per heavy atom. The Hall–Kier alpha value is -1.79. The number of pyridine rings is 1. The topological polar surface area (TPSA) is 53.9 Å². The number of nitrogens with one attached hydrogen (secondary N) is 1. The summed E-state index contributed by atoms with van der Waals surface area (Å²) in [4.78, 5) is 18.0. The summed E-state index contributed by atoms with van der Waals surface area (Å²) < 4.78 is 1.17. The Labute approximate surface area is 178 Å². The van der Waals surface area contributed by atoms with Crippen molar-refractivity contribution in [2.45, 2.75) is 65.7 Å². The first-order chi connectivity index (χ1) is 14.3. The lowest BCUT2D eigenvalue weighted by Gasteiger charge is -2.17. The number of unbranched alkanes of at least 4 members (excludes halogenated alkanes) is 1. The van der Waals surface area contributed by atoms with Crippen molar-refractivity contribution in [3.05, 3.63) is 23.1 Å². The Kier molecular flexibility index (Phi) is 6.60. The summed E-state index contributed by atoms with van der Waals surface area (Å²) in [6.45, 7) is 11.0. The molecule has 0 bridgehead atoms. The maximum absolute atomic E-state index is 5.12. The van der Waals surface area contributed by atoms with Gasteiger partial charge in [-0.05, 0) is 69.3 Å². The van der Waals surface area contributed by atoms with Gasteiger partial charge >= 0.3 is 0 Å². The Bertz CT molecular complexity index is 976. The second-order valence-electron chi connectivity index (χ2n) is 7.96. The van der Waals surface area contributed by atoms with E-state index in [1.54, 1.807) is 17.7 Å². The van der Waals surface area contributed by atoms with E-state index in [-0.39, 0.29) is 0 Å². The van der Waals surface area contributed by atoms with Gasteiger partial charge in [0.15, 0.2) is 0 Å². The number of nitrogens with zero attached hydrogens (tertiary/aromatic N) is 4. The van der Waals surface area contributed by atoms with Crippen LogP contribution >= 0.6 is 11.3 Å². The van der Waals surface area contributed by atoms with E-state index in [0.29, 0.717) is 0 Å². The van der Waals surface area contributed by atoms with Gasteiger partial charge in [-0.1, -0.05) is 27.2 Å². The lowest BCUT2D eigenvalue weighted by Crippen LogP contribution is -2.25. The van der Waals surface area contributed by atoms with Crippen LogP contribution < -0.4 is 5.32 Å². The molecule has 0 fully saturated rings. The molecule has 1 aliphatic rings. The minimum atomic E-state index is 0.935. The normalized spacial score (nSPS) is 13.7. The van der Waals surface area contributed by atoms with Crippen molar-refractivity contribution in [2.75, 3.05) is 31.5 Å². The highest BCUT2D eigenvalue weighted by molar-refractivity contribution is 7.26. The van der Waals surface area contributed by atoms with Crippen LogP contribution in [0.15, 0.2) is 6.33 Å². The third-order valence-electron chi connectivity index (χ3n) is 6.16. The van der Waals surface area contributed by atoms with Gasteiger partial charge in [0.25, 0.3) is 0 Å². The summed E-state index contributed by atoms with van der Waals surface area (Å²) in [5.74, 6) is 0.972. The van der Waals surface area contributed by atoms with Crippen LogP contribution in [0, 0.1) is 0 Å². The van der Waals surface area contributed by atoms with E-state index in [1.807, 2.05) is 0 Å². The number of rotatable bonds is 10. The molecule has 1 N–H and O–H groups in total. The lowest BCUT2D eigenvalue weighted by atomic mass is 10.0. The van der Waals surface area contributed by atoms with Crippen molar-refractivity contribution < 1.29 is 0 Å². The highest BCUT2D eigenvalue weighted by Crippen LogP contribution is 2.41. The predicted octanol–water partition coefficient (Wildman–Crippen LogP) is 5.21. The third kappa shape index (κ3) is 4.10. The molecular formula is C23H33N5S. The smallest absolute Gasteiger partial charge is 0.147 e. The van der Waals surface area contributed by atoms with Crippen LogP contribution in [0.4, 0.5) is 5.82 Å². The van der Waals surface area contributed by atoms with E-state index < -0.39 is 0 Å². The molecular weight excluding hydrogens is 378 g/mol. The van der Waals surface area contributed by atoms with Crippen LogP contribution in [0.3, 0.4) is 0 Å². The first-order valence-corrected chi connectivity index (χ1v) is 12.1. The van der Waals surface area contributed by atoms with Crippen molar-refractivity contribution in [3.8, 4) is 0 Å². The quantitative estimate of drug-likeness (QED) is 0.464. The molecule has 0 amide bonds. The largest absolute Gasteiger partial charge is 0.369 e. The number of hydrogen-bond acceptors (Lipinski definition) is 6. The molecule has 1 aliphatic carbocycles. The SMILES string of the molecule is CCCCc1nc2sc3c(NCCCN(CC)CC)ncnc3c2c2c1CCC2. The highest BCUT2D eigenvalue weighted by Gasteiger charge is 2.24. The molecule has 0 radical (unpaired) electrons. The predicted molar refractivity (Wildman–Crippen MR) is 124 cm³/mol. The van der Waals surface area contributed by atoms with Crippen LogP contribution in [0.5, 0.6) is 0 Å². The third-order valence-corrected chi connectivity index (χ3v) is 7.24. The fraction of sp³-hybridized carbons (Fsp3) is 0.609. The van der Waals surface area contributed by atoms with Crippen molar-refractivity contribution in [3.63, 3.8) is 0 Å². The van der Waals surface area contributed by atoms with Gasteiger partial charge in [-0.25, -0.2) is 15.0 Å². The molecule has 5 nitrogen and oxygen atoms in total. The number of aromatic nitrogens is 3. The molecule has 3 heterocycles. The second kappa shape index (κ2) is 9.35. The summed E-state index contributed by atoms with van der Waals surface area (Å²) in [7, 11) is 0. The van der Waals surface area contributed by atoms with Gasteiger partial charge in [0.1, 0.15) is 17.0 Å². The molecule has 3 aromatic heterocycles. The highest BCUT2D eigenvalue weighted by atomic mass is 32.1. The molecule has 0 spiro atoms. The number of anilines is 1. The van der Waals surface area contributed by atoms with Crippen LogP contribution in [-0.4, -0.2) is 46.0 Å². The Morgan fingerprint density at radius 3 is 2.69 bits per heavy atom. The minimum absolute atomic E-state index is 0.935. The van der Waals surface area contributed by atoms with Crippen molar-refractivity contribution in [2.24, 2.45) is 0 Å².